The standard InChI is InChI=1S/C21H23ClN4O2/c1-26(18-7-2-15(13-27)3-8-18)21(25-14-23)16-4-9-19(10-5-16)28-20-11-6-17(22)12-24-20/h4-6,9-12,15,18,27H,2-3,7-8,13H2,1H3/b25-21-. The molecule has 146 valence electrons. The molecule has 0 aliphatic heterocycles. The SMILES string of the molecule is CN(/C(=N\C#N)c1ccc(Oc2ccc(Cl)cn2)cc1)C1CCC(CO)CC1. The summed E-state index contributed by atoms with van der Waals surface area (Å²) in [6.07, 6.45) is 7.40. The van der Waals surface area contributed by atoms with Gasteiger partial charge >= 0.3 is 0 Å². The van der Waals surface area contributed by atoms with Gasteiger partial charge in [0.2, 0.25) is 12.1 Å². The topological polar surface area (TPSA) is 81.7 Å². The summed E-state index contributed by atoms with van der Waals surface area (Å²) in [4.78, 5) is 10.3. The minimum atomic E-state index is 0.250. The highest BCUT2D eigenvalue weighted by molar-refractivity contribution is 6.30. The fourth-order valence-electron chi connectivity index (χ4n) is 3.50. The van der Waals surface area contributed by atoms with Gasteiger partial charge in [-0.1, -0.05) is 11.6 Å². The van der Waals surface area contributed by atoms with Crippen LogP contribution in [0.1, 0.15) is 31.2 Å². The highest BCUT2D eigenvalue weighted by Crippen LogP contribution is 2.28. The molecule has 1 fully saturated rings. The molecule has 1 N–H and O–H groups in total. The summed E-state index contributed by atoms with van der Waals surface area (Å²) in [6.45, 7) is 0.250. The Morgan fingerprint density at radius 2 is 1.96 bits per heavy atom. The van der Waals surface area contributed by atoms with E-state index < -0.39 is 0 Å². The third-order valence-electron chi connectivity index (χ3n) is 5.15. The molecule has 1 heterocycles. The Bertz CT molecular complexity index is 838. The van der Waals surface area contributed by atoms with Crippen molar-refractivity contribution in [3.8, 4) is 17.8 Å². The van der Waals surface area contributed by atoms with Crippen LogP contribution < -0.4 is 4.74 Å². The third-order valence-corrected chi connectivity index (χ3v) is 5.37. The van der Waals surface area contributed by atoms with Gasteiger partial charge in [0.25, 0.3) is 0 Å². The summed E-state index contributed by atoms with van der Waals surface area (Å²) in [5.41, 5.74) is 0.852. The predicted molar refractivity (Wildman–Crippen MR) is 109 cm³/mol. The number of aromatic nitrogens is 1. The zero-order valence-electron chi connectivity index (χ0n) is 15.8. The summed E-state index contributed by atoms with van der Waals surface area (Å²) in [6, 6.07) is 11.2. The fraction of sp³-hybridized carbons (Fsp3) is 0.381. The zero-order valence-corrected chi connectivity index (χ0v) is 16.5. The second-order valence-electron chi connectivity index (χ2n) is 6.94. The number of ether oxygens (including phenoxy) is 1. The molecule has 7 heteroatoms. The maximum Gasteiger partial charge on any atom is 0.219 e. The van der Waals surface area contributed by atoms with E-state index in [0.717, 1.165) is 31.2 Å². The Labute approximate surface area is 170 Å². The molecular formula is C21H23ClN4O2. The maximum absolute atomic E-state index is 9.33. The normalized spacial score (nSPS) is 19.7. The van der Waals surface area contributed by atoms with E-state index in [9.17, 15) is 5.11 Å². The van der Waals surface area contributed by atoms with Crippen LogP contribution in [0.25, 0.3) is 0 Å². The van der Waals surface area contributed by atoms with E-state index in [1.54, 1.807) is 12.1 Å². The number of benzene rings is 1. The van der Waals surface area contributed by atoms with Crippen molar-refractivity contribution in [2.24, 2.45) is 10.9 Å². The van der Waals surface area contributed by atoms with Crippen LogP contribution >= 0.6 is 11.6 Å². The first-order valence-corrected chi connectivity index (χ1v) is 9.69. The van der Waals surface area contributed by atoms with Gasteiger partial charge in [0.15, 0.2) is 0 Å². The molecule has 0 radical (unpaired) electrons. The van der Waals surface area contributed by atoms with E-state index in [0.29, 0.717) is 34.4 Å². The highest BCUT2D eigenvalue weighted by atomic mass is 35.5. The van der Waals surface area contributed by atoms with Crippen LogP contribution in [-0.4, -0.2) is 40.5 Å². The highest BCUT2D eigenvalue weighted by Gasteiger charge is 2.26. The molecule has 0 spiro atoms. The molecular weight excluding hydrogens is 376 g/mol. The zero-order chi connectivity index (χ0) is 19.9. The van der Waals surface area contributed by atoms with Gasteiger partial charge in [-0.3, -0.25) is 0 Å². The monoisotopic (exact) mass is 398 g/mol. The lowest BCUT2D eigenvalue weighted by Gasteiger charge is -2.35. The first kappa shape index (κ1) is 20.1. The van der Waals surface area contributed by atoms with E-state index in [2.05, 4.69) is 14.9 Å². The van der Waals surface area contributed by atoms with Gasteiger partial charge in [0.05, 0.1) is 5.02 Å². The third kappa shape index (κ3) is 5.00. The van der Waals surface area contributed by atoms with Crippen LogP contribution in [0.5, 0.6) is 11.6 Å². The fourth-order valence-corrected chi connectivity index (χ4v) is 3.61. The van der Waals surface area contributed by atoms with E-state index in [-0.39, 0.29) is 6.61 Å². The minimum Gasteiger partial charge on any atom is -0.439 e. The van der Waals surface area contributed by atoms with Gasteiger partial charge in [0.1, 0.15) is 11.6 Å². The Hall–Kier alpha value is -2.62. The largest absolute Gasteiger partial charge is 0.439 e. The number of rotatable bonds is 5. The number of nitrogens with zero attached hydrogens (tertiary/aromatic N) is 4. The van der Waals surface area contributed by atoms with E-state index in [1.807, 2.05) is 37.5 Å². The molecule has 6 nitrogen and oxygen atoms in total. The van der Waals surface area contributed by atoms with Crippen LogP contribution in [0, 0.1) is 17.4 Å². The molecule has 28 heavy (non-hydrogen) atoms. The van der Waals surface area contributed by atoms with Gasteiger partial charge in [0, 0.05) is 37.5 Å². The van der Waals surface area contributed by atoms with Crippen molar-refractivity contribution in [1.29, 1.82) is 5.26 Å². The number of nitriles is 1. The number of halogens is 1. The number of amidine groups is 1. The first-order chi connectivity index (χ1) is 13.6. The summed E-state index contributed by atoms with van der Waals surface area (Å²) in [5, 5.41) is 19.0. The molecule has 3 rings (SSSR count). The summed E-state index contributed by atoms with van der Waals surface area (Å²) in [5.74, 6) is 2.13. The van der Waals surface area contributed by atoms with Crippen LogP contribution in [0.15, 0.2) is 47.6 Å². The second kappa shape index (κ2) is 9.54. The lowest BCUT2D eigenvalue weighted by atomic mass is 9.86. The van der Waals surface area contributed by atoms with Gasteiger partial charge in [-0.2, -0.15) is 10.3 Å². The lowest BCUT2D eigenvalue weighted by Crippen LogP contribution is -2.40. The number of aliphatic hydroxyl groups is 1. The van der Waals surface area contributed by atoms with Crippen molar-refractivity contribution in [3.63, 3.8) is 0 Å². The molecule has 1 aliphatic carbocycles. The van der Waals surface area contributed by atoms with Crippen LogP contribution in [-0.2, 0) is 0 Å². The van der Waals surface area contributed by atoms with Gasteiger partial charge in [-0.25, -0.2) is 4.98 Å². The average molecular weight is 399 g/mol. The van der Waals surface area contributed by atoms with Crippen LogP contribution in [0.3, 0.4) is 0 Å². The first-order valence-electron chi connectivity index (χ1n) is 9.31. The molecule has 2 aromatic rings. The number of hydrogen-bond donors (Lipinski definition) is 1. The number of hydrogen-bond acceptors (Lipinski definition) is 5. The molecule has 0 saturated heterocycles. The van der Waals surface area contributed by atoms with Crippen molar-refractivity contribution in [1.82, 2.24) is 9.88 Å². The lowest BCUT2D eigenvalue weighted by molar-refractivity contribution is 0.156. The minimum absolute atomic E-state index is 0.250. The second-order valence-corrected chi connectivity index (χ2v) is 7.38. The molecule has 1 aromatic heterocycles. The van der Waals surface area contributed by atoms with Crippen molar-refractivity contribution >= 4 is 17.4 Å². The van der Waals surface area contributed by atoms with E-state index in [1.165, 1.54) is 6.20 Å². The van der Waals surface area contributed by atoms with Crippen molar-refractivity contribution < 1.29 is 9.84 Å². The van der Waals surface area contributed by atoms with E-state index >= 15 is 0 Å². The van der Waals surface area contributed by atoms with E-state index in [4.69, 9.17) is 21.6 Å². The Morgan fingerprint density at radius 1 is 1.25 bits per heavy atom. The number of aliphatic imine (C=N–C) groups is 1. The number of pyridine rings is 1. The molecule has 1 saturated carbocycles. The Morgan fingerprint density at radius 3 is 2.54 bits per heavy atom. The van der Waals surface area contributed by atoms with Gasteiger partial charge in [-0.15, -0.1) is 0 Å². The molecule has 1 aromatic carbocycles. The molecule has 1 aliphatic rings. The van der Waals surface area contributed by atoms with Crippen molar-refractivity contribution in [3.05, 3.63) is 53.2 Å². The van der Waals surface area contributed by atoms with Crippen molar-refractivity contribution in [2.75, 3.05) is 13.7 Å². The molecule has 0 bridgehead atoms. The van der Waals surface area contributed by atoms with Crippen LogP contribution in [0.4, 0.5) is 0 Å². The summed E-state index contributed by atoms with van der Waals surface area (Å²) in [7, 11) is 1.97. The maximum atomic E-state index is 9.33. The average Bonchev–Trinajstić information content (AvgIpc) is 2.74. The molecule has 0 amide bonds. The Balaban J connectivity index is 1.71. The van der Waals surface area contributed by atoms with Gasteiger partial charge in [-0.05, 0) is 61.9 Å². The van der Waals surface area contributed by atoms with Gasteiger partial charge < -0.3 is 14.7 Å². The Kier molecular flexibility index (Phi) is 6.85. The molecule has 0 atom stereocenters. The molecule has 0 unspecified atom stereocenters. The summed E-state index contributed by atoms with van der Waals surface area (Å²) >= 11 is 5.84. The van der Waals surface area contributed by atoms with Crippen LogP contribution in [0.2, 0.25) is 5.02 Å². The van der Waals surface area contributed by atoms with Crippen molar-refractivity contribution in [2.45, 2.75) is 31.7 Å². The quantitative estimate of drug-likeness (QED) is 0.462. The number of aliphatic hydroxyl groups excluding tert-OH is 1. The summed E-state index contributed by atoms with van der Waals surface area (Å²) < 4.78 is 5.72. The smallest absolute Gasteiger partial charge is 0.219 e. The predicted octanol–water partition coefficient (Wildman–Crippen LogP) is 4.24.